The number of nitro benzene ring substituents is 1. The summed E-state index contributed by atoms with van der Waals surface area (Å²) >= 11 is 1.21. The summed E-state index contributed by atoms with van der Waals surface area (Å²) in [4.78, 5) is 45.3. The van der Waals surface area contributed by atoms with Gasteiger partial charge in [0.1, 0.15) is 11.8 Å². The fourth-order valence-electron chi connectivity index (χ4n) is 1.81. The molecule has 0 bridgehead atoms. The molecule has 0 aliphatic heterocycles. The maximum absolute atomic E-state index is 12.4. The molecule has 10 nitrogen and oxygen atoms in total. The van der Waals surface area contributed by atoms with E-state index in [9.17, 15) is 24.5 Å². The van der Waals surface area contributed by atoms with Gasteiger partial charge in [-0.3, -0.25) is 14.9 Å². The van der Waals surface area contributed by atoms with Gasteiger partial charge in [-0.2, -0.15) is 0 Å². The molecule has 0 unspecified atom stereocenters. The van der Waals surface area contributed by atoms with E-state index in [0.29, 0.717) is 6.42 Å². The highest BCUT2D eigenvalue weighted by Gasteiger charge is 2.24. The second-order valence-corrected chi connectivity index (χ2v) is 6.64. The molecule has 1 rings (SSSR count). The smallest absolute Gasteiger partial charge is 0.407 e. The number of carbonyl (C=O) groups excluding carboxylic acids is 3. The molecule has 1 aromatic rings. The first-order valence-corrected chi connectivity index (χ1v) is 9.70. The number of nitrogens with zero attached hydrogens (tertiary/aromatic N) is 1. The van der Waals surface area contributed by atoms with Crippen molar-refractivity contribution in [3.8, 4) is 5.75 Å². The zero-order valence-electron chi connectivity index (χ0n) is 15.6. The maximum atomic E-state index is 12.4. The van der Waals surface area contributed by atoms with E-state index in [2.05, 4.69) is 10.6 Å². The molecule has 1 atom stereocenters. The van der Waals surface area contributed by atoms with Crippen LogP contribution in [0, 0.1) is 10.1 Å². The number of carbonyl (C=O) groups is 3. The predicted octanol–water partition coefficient (Wildman–Crippen LogP) is 2.22. The molecule has 0 aliphatic rings. The number of hydrogen-bond acceptors (Lipinski definition) is 8. The van der Waals surface area contributed by atoms with Crippen molar-refractivity contribution in [1.29, 1.82) is 0 Å². The average molecular weight is 413 g/mol. The first-order valence-electron chi connectivity index (χ1n) is 8.55. The van der Waals surface area contributed by atoms with E-state index in [0.717, 1.165) is 6.42 Å². The van der Waals surface area contributed by atoms with Crippen molar-refractivity contribution in [3.63, 3.8) is 0 Å². The minimum absolute atomic E-state index is 0.105. The Hall–Kier alpha value is -2.82. The SMILES string of the molecule is CCCCOC(=O)N[C@@H](CSCNC(C)=O)C(=O)Oc1ccc([N+](=O)[O-])cc1. The Morgan fingerprint density at radius 3 is 2.50 bits per heavy atom. The number of benzene rings is 1. The molecule has 0 spiro atoms. The minimum Gasteiger partial charge on any atom is -0.450 e. The van der Waals surface area contributed by atoms with Crippen LogP contribution < -0.4 is 15.4 Å². The summed E-state index contributed by atoms with van der Waals surface area (Å²) in [5.74, 6) is -0.479. The monoisotopic (exact) mass is 413 g/mol. The summed E-state index contributed by atoms with van der Waals surface area (Å²) in [6.07, 6.45) is 0.799. The molecule has 28 heavy (non-hydrogen) atoms. The molecule has 11 heteroatoms. The van der Waals surface area contributed by atoms with Crippen molar-refractivity contribution in [3.05, 3.63) is 34.4 Å². The molecule has 0 heterocycles. The van der Waals surface area contributed by atoms with Crippen LogP contribution in [-0.2, 0) is 14.3 Å². The Bertz CT molecular complexity index is 682. The number of non-ortho nitro benzene ring substituents is 1. The molecule has 0 aromatic heterocycles. The van der Waals surface area contributed by atoms with Crippen molar-refractivity contribution < 1.29 is 28.8 Å². The Kier molecular flexibility index (Phi) is 10.4. The number of rotatable bonds is 11. The van der Waals surface area contributed by atoms with E-state index < -0.39 is 23.0 Å². The standard InChI is InChI=1S/C17H23N3O7S/c1-3-4-9-26-17(23)19-15(10-28-11-18-12(2)21)16(22)27-14-7-5-13(6-8-14)20(24)25/h5-8,15H,3-4,9-11H2,1-2H3,(H,18,21)(H,19,23)/t15-/m0/s1. The number of ether oxygens (including phenoxy) is 2. The molecule has 1 aromatic carbocycles. The van der Waals surface area contributed by atoms with Gasteiger partial charge in [0.25, 0.3) is 5.69 Å². The summed E-state index contributed by atoms with van der Waals surface area (Å²) in [6, 6.07) is 3.96. The van der Waals surface area contributed by atoms with Crippen LogP contribution in [0.1, 0.15) is 26.7 Å². The van der Waals surface area contributed by atoms with Crippen molar-refractivity contribution in [2.75, 3.05) is 18.2 Å². The molecule has 0 saturated carbocycles. The number of amides is 2. The highest BCUT2D eigenvalue weighted by molar-refractivity contribution is 7.99. The van der Waals surface area contributed by atoms with Gasteiger partial charge in [-0.1, -0.05) is 13.3 Å². The Balaban J connectivity index is 2.68. The van der Waals surface area contributed by atoms with Crippen molar-refractivity contribution in [2.24, 2.45) is 0 Å². The lowest BCUT2D eigenvalue weighted by Crippen LogP contribution is -2.45. The molecule has 2 N–H and O–H groups in total. The summed E-state index contributed by atoms with van der Waals surface area (Å²) < 4.78 is 10.2. The number of thioether (sulfide) groups is 1. The van der Waals surface area contributed by atoms with Crippen LogP contribution in [-0.4, -0.2) is 47.2 Å². The van der Waals surface area contributed by atoms with Crippen molar-refractivity contribution >= 4 is 35.4 Å². The number of unbranched alkanes of at least 4 members (excludes halogenated alkanes) is 1. The van der Waals surface area contributed by atoms with Gasteiger partial charge in [0.2, 0.25) is 5.91 Å². The fraction of sp³-hybridized carbons (Fsp3) is 0.471. The van der Waals surface area contributed by atoms with E-state index >= 15 is 0 Å². The molecule has 0 fully saturated rings. The maximum Gasteiger partial charge on any atom is 0.407 e. The summed E-state index contributed by atoms with van der Waals surface area (Å²) in [5.41, 5.74) is -0.139. The minimum atomic E-state index is -1.02. The largest absolute Gasteiger partial charge is 0.450 e. The van der Waals surface area contributed by atoms with Crippen molar-refractivity contribution in [1.82, 2.24) is 10.6 Å². The first-order chi connectivity index (χ1) is 13.3. The lowest BCUT2D eigenvalue weighted by Gasteiger charge is -2.17. The molecular weight excluding hydrogens is 390 g/mol. The van der Waals surface area contributed by atoms with Crippen LogP contribution in [0.4, 0.5) is 10.5 Å². The van der Waals surface area contributed by atoms with Gasteiger partial charge in [0, 0.05) is 24.8 Å². The third kappa shape index (κ3) is 9.21. The molecule has 0 saturated heterocycles. The number of nitrogens with one attached hydrogen (secondary N) is 2. The zero-order chi connectivity index (χ0) is 20.9. The highest BCUT2D eigenvalue weighted by atomic mass is 32.2. The summed E-state index contributed by atoms with van der Waals surface area (Å²) in [5, 5.41) is 15.7. The van der Waals surface area contributed by atoms with E-state index in [1.54, 1.807) is 0 Å². The molecule has 0 aliphatic carbocycles. The molecule has 0 radical (unpaired) electrons. The fourth-order valence-corrected chi connectivity index (χ4v) is 2.69. The van der Waals surface area contributed by atoms with Crippen LogP contribution in [0.5, 0.6) is 5.75 Å². The third-order valence-electron chi connectivity index (χ3n) is 3.28. The summed E-state index contributed by atoms with van der Waals surface area (Å²) in [6.45, 7) is 3.54. The zero-order valence-corrected chi connectivity index (χ0v) is 16.5. The predicted molar refractivity (Wildman–Crippen MR) is 103 cm³/mol. The van der Waals surface area contributed by atoms with E-state index in [1.165, 1.54) is 43.0 Å². The number of alkyl carbamates (subject to hydrolysis) is 1. The molecular formula is C17H23N3O7S. The Morgan fingerprint density at radius 1 is 1.25 bits per heavy atom. The van der Waals surface area contributed by atoms with Crippen LogP contribution in [0.25, 0.3) is 0 Å². The molecule has 2 amide bonds. The second-order valence-electron chi connectivity index (χ2n) is 5.61. The quantitative estimate of drug-likeness (QED) is 0.141. The lowest BCUT2D eigenvalue weighted by molar-refractivity contribution is -0.384. The van der Waals surface area contributed by atoms with Crippen LogP contribution >= 0.6 is 11.8 Å². The second kappa shape index (κ2) is 12.5. The number of hydrogen-bond donors (Lipinski definition) is 2. The van der Waals surface area contributed by atoms with Gasteiger partial charge < -0.3 is 20.1 Å². The van der Waals surface area contributed by atoms with Gasteiger partial charge in [0.05, 0.1) is 17.4 Å². The van der Waals surface area contributed by atoms with Gasteiger partial charge in [-0.25, -0.2) is 9.59 Å². The first kappa shape index (κ1) is 23.2. The van der Waals surface area contributed by atoms with E-state index in [4.69, 9.17) is 9.47 Å². The van der Waals surface area contributed by atoms with Gasteiger partial charge >= 0.3 is 12.1 Å². The van der Waals surface area contributed by atoms with Crippen LogP contribution in [0.3, 0.4) is 0 Å². The molecule has 154 valence electrons. The third-order valence-corrected chi connectivity index (χ3v) is 4.20. The van der Waals surface area contributed by atoms with Gasteiger partial charge in [0.15, 0.2) is 0 Å². The average Bonchev–Trinajstić information content (AvgIpc) is 2.64. The topological polar surface area (TPSA) is 137 Å². The highest BCUT2D eigenvalue weighted by Crippen LogP contribution is 2.18. The van der Waals surface area contributed by atoms with Crippen LogP contribution in [0.2, 0.25) is 0 Å². The van der Waals surface area contributed by atoms with Gasteiger partial charge in [-0.05, 0) is 18.6 Å². The van der Waals surface area contributed by atoms with Gasteiger partial charge in [-0.15, -0.1) is 11.8 Å². The number of nitro groups is 1. The normalized spacial score (nSPS) is 11.2. The van der Waals surface area contributed by atoms with E-state index in [-0.39, 0.29) is 35.6 Å². The lowest BCUT2D eigenvalue weighted by atomic mass is 10.3. The Labute approximate surface area is 166 Å². The Morgan fingerprint density at radius 2 is 1.93 bits per heavy atom. The number of esters is 1. The van der Waals surface area contributed by atoms with Crippen LogP contribution in [0.15, 0.2) is 24.3 Å². The summed E-state index contributed by atoms with van der Waals surface area (Å²) in [7, 11) is 0. The van der Waals surface area contributed by atoms with Crippen molar-refractivity contribution in [2.45, 2.75) is 32.7 Å². The van der Waals surface area contributed by atoms with E-state index in [1.807, 2.05) is 6.92 Å².